The third-order valence-corrected chi connectivity index (χ3v) is 1.85. The highest BCUT2D eigenvalue weighted by atomic mass is 16.1. The summed E-state index contributed by atoms with van der Waals surface area (Å²) in [4.78, 5) is 14.7. The summed E-state index contributed by atoms with van der Waals surface area (Å²) in [5.41, 5.74) is 8.13. The number of pyridine rings is 1. The molecule has 0 atom stereocenters. The van der Waals surface area contributed by atoms with Gasteiger partial charge in [-0.15, -0.1) is 0 Å². The van der Waals surface area contributed by atoms with Crippen molar-refractivity contribution in [2.45, 2.75) is 20.3 Å². The molecule has 1 aromatic rings. The van der Waals surface area contributed by atoms with Gasteiger partial charge in [0.15, 0.2) is 0 Å². The number of nitrogens with two attached hydrogens (primary N) is 1. The number of carbonyl (C=O) groups excluding carboxylic acids is 1. The van der Waals surface area contributed by atoms with Crippen LogP contribution in [0, 0.1) is 13.8 Å². The Morgan fingerprint density at radius 2 is 2.29 bits per heavy atom. The minimum Gasteiger partial charge on any atom is -0.369 e. The largest absolute Gasteiger partial charge is 0.369 e. The lowest BCUT2D eigenvalue weighted by atomic mass is 10.1. The van der Waals surface area contributed by atoms with E-state index in [2.05, 4.69) is 11.1 Å². The summed E-state index contributed by atoms with van der Waals surface area (Å²) < 4.78 is 0. The average molecular weight is 190 g/mol. The van der Waals surface area contributed by atoms with Crippen LogP contribution in [-0.2, 0) is 4.79 Å². The maximum atomic E-state index is 10.5. The minimum absolute atomic E-state index is 0.259. The monoisotopic (exact) mass is 190 g/mol. The second-order valence-electron chi connectivity index (χ2n) is 3.29. The molecule has 0 aliphatic heterocycles. The van der Waals surface area contributed by atoms with Crippen molar-refractivity contribution in [2.24, 2.45) is 5.73 Å². The molecule has 1 aromatic heterocycles. The maximum absolute atomic E-state index is 10.5. The summed E-state index contributed by atoms with van der Waals surface area (Å²) in [5, 5.41) is 0. The zero-order valence-electron chi connectivity index (χ0n) is 8.45. The van der Waals surface area contributed by atoms with Gasteiger partial charge in [-0.3, -0.25) is 9.78 Å². The quantitative estimate of drug-likeness (QED) is 0.786. The average Bonchev–Trinajstić information content (AvgIpc) is 2.08. The molecule has 3 heteroatoms. The molecular weight excluding hydrogens is 176 g/mol. The van der Waals surface area contributed by atoms with Gasteiger partial charge < -0.3 is 5.73 Å². The van der Waals surface area contributed by atoms with Gasteiger partial charge in [-0.05, 0) is 31.1 Å². The molecule has 0 saturated heterocycles. The van der Waals surface area contributed by atoms with Crippen molar-refractivity contribution in [1.82, 2.24) is 4.98 Å². The Hall–Kier alpha value is -1.64. The molecule has 0 spiro atoms. The van der Waals surface area contributed by atoms with Crippen LogP contribution in [0.4, 0.5) is 0 Å². The van der Waals surface area contributed by atoms with Gasteiger partial charge in [-0.25, -0.2) is 0 Å². The summed E-state index contributed by atoms with van der Waals surface area (Å²) in [6.07, 6.45) is 5.61. The molecule has 3 nitrogen and oxygen atoms in total. The summed E-state index contributed by atoms with van der Waals surface area (Å²) in [6, 6.07) is 2.05. The summed E-state index contributed by atoms with van der Waals surface area (Å²) in [6.45, 7) is 3.99. The van der Waals surface area contributed by atoms with Crippen LogP contribution in [-0.4, -0.2) is 10.9 Å². The van der Waals surface area contributed by atoms with Crippen LogP contribution in [0.15, 0.2) is 18.3 Å². The van der Waals surface area contributed by atoms with E-state index in [1.165, 1.54) is 0 Å². The summed E-state index contributed by atoms with van der Waals surface area (Å²) in [5.74, 6) is -0.328. The van der Waals surface area contributed by atoms with Crippen LogP contribution in [0.5, 0.6) is 0 Å². The maximum Gasteiger partial charge on any atom is 0.221 e. The summed E-state index contributed by atoms with van der Waals surface area (Å²) >= 11 is 0. The van der Waals surface area contributed by atoms with Crippen molar-refractivity contribution in [3.63, 3.8) is 0 Å². The van der Waals surface area contributed by atoms with Crippen LogP contribution >= 0.6 is 0 Å². The fourth-order valence-corrected chi connectivity index (χ4v) is 1.19. The molecule has 0 radical (unpaired) electrons. The molecule has 1 rings (SSSR count). The van der Waals surface area contributed by atoms with Crippen molar-refractivity contribution in [3.8, 4) is 0 Å². The van der Waals surface area contributed by atoms with Gasteiger partial charge in [-0.1, -0.05) is 12.1 Å². The second-order valence-corrected chi connectivity index (χ2v) is 3.29. The molecule has 1 amide bonds. The van der Waals surface area contributed by atoms with E-state index in [-0.39, 0.29) is 12.3 Å². The Bertz CT molecular complexity index is 370. The Balaban J connectivity index is 2.76. The van der Waals surface area contributed by atoms with Gasteiger partial charge >= 0.3 is 0 Å². The number of hydrogen-bond donors (Lipinski definition) is 1. The highest BCUT2D eigenvalue weighted by molar-refractivity contribution is 5.76. The topological polar surface area (TPSA) is 56.0 Å². The summed E-state index contributed by atoms with van der Waals surface area (Å²) in [7, 11) is 0. The van der Waals surface area contributed by atoms with Crippen LogP contribution in [0.3, 0.4) is 0 Å². The van der Waals surface area contributed by atoms with E-state index in [1.807, 2.05) is 19.9 Å². The number of carbonyl (C=O) groups is 1. The van der Waals surface area contributed by atoms with Gasteiger partial charge in [0.05, 0.1) is 5.69 Å². The van der Waals surface area contributed by atoms with Crippen molar-refractivity contribution < 1.29 is 4.79 Å². The Morgan fingerprint density at radius 1 is 1.57 bits per heavy atom. The van der Waals surface area contributed by atoms with Gasteiger partial charge in [0.25, 0.3) is 0 Å². The van der Waals surface area contributed by atoms with E-state index in [4.69, 9.17) is 5.73 Å². The van der Waals surface area contributed by atoms with Gasteiger partial charge in [-0.2, -0.15) is 0 Å². The molecule has 14 heavy (non-hydrogen) atoms. The van der Waals surface area contributed by atoms with Crippen LogP contribution in [0.1, 0.15) is 23.2 Å². The van der Waals surface area contributed by atoms with E-state index >= 15 is 0 Å². The van der Waals surface area contributed by atoms with Crippen LogP contribution in [0.25, 0.3) is 6.08 Å². The van der Waals surface area contributed by atoms with Crippen molar-refractivity contribution in [3.05, 3.63) is 35.2 Å². The number of hydrogen-bond acceptors (Lipinski definition) is 2. The molecule has 1 heterocycles. The lowest BCUT2D eigenvalue weighted by Gasteiger charge is -1.99. The lowest BCUT2D eigenvalue weighted by molar-refractivity contribution is -0.117. The third kappa shape index (κ3) is 3.01. The first kappa shape index (κ1) is 10.4. The first-order valence-electron chi connectivity index (χ1n) is 4.47. The van der Waals surface area contributed by atoms with Crippen molar-refractivity contribution in [2.75, 3.05) is 0 Å². The fourth-order valence-electron chi connectivity index (χ4n) is 1.19. The van der Waals surface area contributed by atoms with Gasteiger partial charge in [0.1, 0.15) is 0 Å². The zero-order chi connectivity index (χ0) is 10.6. The van der Waals surface area contributed by atoms with E-state index in [0.717, 1.165) is 16.8 Å². The van der Waals surface area contributed by atoms with Gasteiger partial charge in [0.2, 0.25) is 5.91 Å². The van der Waals surface area contributed by atoms with E-state index in [0.29, 0.717) is 0 Å². The van der Waals surface area contributed by atoms with Crippen molar-refractivity contribution >= 4 is 12.0 Å². The lowest BCUT2D eigenvalue weighted by Crippen LogP contribution is -2.07. The van der Waals surface area contributed by atoms with Gasteiger partial charge in [0, 0.05) is 12.6 Å². The molecule has 0 aliphatic rings. The molecule has 0 aliphatic carbocycles. The number of rotatable bonds is 3. The number of primary amides is 1. The van der Waals surface area contributed by atoms with E-state index < -0.39 is 0 Å². The number of aromatic nitrogens is 1. The first-order valence-corrected chi connectivity index (χ1v) is 4.47. The van der Waals surface area contributed by atoms with Crippen molar-refractivity contribution in [1.29, 1.82) is 0 Å². The molecule has 0 unspecified atom stereocenters. The molecular formula is C11H14N2O. The number of aryl methyl sites for hydroxylation is 2. The predicted molar refractivity (Wildman–Crippen MR) is 56.6 cm³/mol. The fraction of sp³-hybridized carbons (Fsp3) is 0.273. The van der Waals surface area contributed by atoms with Crippen LogP contribution in [0.2, 0.25) is 0 Å². The SMILES string of the molecule is Cc1cnc(C=CCC(N)=O)c(C)c1. The predicted octanol–water partition coefficient (Wildman–Crippen LogP) is 1.59. The highest BCUT2D eigenvalue weighted by Crippen LogP contribution is 2.08. The normalized spacial score (nSPS) is 10.7. The first-order chi connectivity index (χ1) is 6.59. The Morgan fingerprint density at radius 3 is 2.86 bits per heavy atom. The third-order valence-electron chi connectivity index (χ3n) is 1.85. The molecule has 0 aromatic carbocycles. The van der Waals surface area contributed by atoms with E-state index in [9.17, 15) is 4.79 Å². The Kier molecular flexibility index (Phi) is 3.40. The van der Waals surface area contributed by atoms with Crippen LogP contribution < -0.4 is 5.73 Å². The van der Waals surface area contributed by atoms with E-state index in [1.54, 1.807) is 12.3 Å². The molecule has 0 saturated carbocycles. The standard InChI is InChI=1S/C11H14N2O/c1-8-6-9(2)10(13-7-8)4-3-5-11(12)14/h3-4,6-7H,5H2,1-2H3,(H2,12,14). The zero-order valence-corrected chi connectivity index (χ0v) is 8.45. The second kappa shape index (κ2) is 4.56. The highest BCUT2D eigenvalue weighted by Gasteiger charge is 1.95. The minimum atomic E-state index is -0.328. The Labute approximate surface area is 83.7 Å². The molecule has 2 N–H and O–H groups in total. The molecule has 0 bridgehead atoms. The number of amides is 1. The molecule has 0 fully saturated rings. The molecule has 74 valence electrons. The number of nitrogens with zero attached hydrogens (tertiary/aromatic N) is 1. The smallest absolute Gasteiger partial charge is 0.221 e.